The number of imide groups is 1. The number of carbonyl (C=O) groups is 2. The molecule has 1 aliphatic heterocycles. The number of amides is 2. The number of thioether (sulfide) groups is 1. The van der Waals surface area contributed by atoms with E-state index in [4.69, 9.17) is 0 Å². The maximum absolute atomic E-state index is 12.2. The Labute approximate surface area is 136 Å². The molecule has 4 nitrogen and oxygen atoms in total. The van der Waals surface area contributed by atoms with Crippen LogP contribution in [0.4, 0.5) is 10.5 Å². The molecule has 118 valence electrons. The Bertz CT molecular complexity index is 589. The van der Waals surface area contributed by atoms with Gasteiger partial charge in [-0.3, -0.25) is 14.5 Å². The second-order valence-electron chi connectivity index (χ2n) is 5.41. The van der Waals surface area contributed by atoms with Crippen molar-refractivity contribution < 1.29 is 9.59 Å². The Morgan fingerprint density at radius 3 is 2.18 bits per heavy atom. The van der Waals surface area contributed by atoms with Crippen LogP contribution in [0.25, 0.3) is 6.08 Å². The van der Waals surface area contributed by atoms with Crippen LogP contribution in [0.1, 0.15) is 33.3 Å². The van der Waals surface area contributed by atoms with Gasteiger partial charge in [0.05, 0.1) is 4.91 Å². The van der Waals surface area contributed by atoms with E-state index < -0.39 is 0 Å². The van der Waals surface area contributed by atoms with E-state index in [1.165, 1.54) is 4.90 Å². The van der Waals surface area contributed by atoms with E-state index in [1.807, 2.05) is 38.1 Å². The Balaban J connectivity index is 2.20. The van der Waals surface area contributed by atoms with Gasteiger partial charge >= 0.3 is 0 Å². The largest absolute Gasteiger partial charge is 0.372 e. The minimum Gasteiger partial charge on any atom is -0.372 e. The van der Waals surface area contributed by atoms with Crippen LogP contribution in [0.2, 0.25) is 0 Å². The molecule has 0 aromatic heterocycles. The molecule has 1 aromatic carbocycles. The standard InChI is InChI=1S/C17H22N2O2S/c1-5-18(6-2)14-9-7-13(8-10-14)11-15-16(20)19(12(3)4)17(21)22-15/h7-12H,5-6H2,1-4H3/b15-11+. The molecule has 0 aliphatic carbocycles. The predicted octanol–water partition coefficient (Wildman–Crippen LogP) is 3.98. The Morgan fingerprint density at radius 2 is 1.73 bits per heavy atom. The summed E-state index contributed by atoms with van der Waals surface area (Å²) >= 11 is 1.01. The number of carbonyl (C=O) groups excluding carboxylic acids is 2. The van der Waals surface area contributed by atoms with Gasteiger partial charge in [0.1, 0.15) is 0 Å². The number of hydrogen-bond acceptors (Lipinski definition) is 4. The molecule has 0 saturated carbocycles. The highest BCUT2D eigenvalue weighted by Gasteiger charge is 2.36. The van der Waals surface area contributed by atoms with Gasteiger partial charge in [-0.1, -0.05) is 12.1 Å². The number of nitrogens with zero attached hydrogens (tertiary/aromatic N) is 2. The first-order chi connectivity index (χ1) is 10.5. The smallest absolute Gasteiger partial charge is 0.293 e. The number of anilines is 1. The van der Waals surface area contributed by atoms with Crippen molar-refractivity contribution in [3.63, 3.8) is 0 Å². The van der Waals surface area contributed by atoms with Gasteiger partial charge in [0.2, 0.25) is 0 Å². The quantitative estimate of drug-likeness (QED) is 0.770. The second-order valence-corrected chi connectivity index (χ2v) is 6.40. The van der Waals surface area contributed by atoms with Crippen molar-refractivity contribution in [1.29, 1.82) is 0 Å². The van der Waals surface area contributed by atoms with Gasteiger partial charge in [0, 0.05) is 24.8 Å². The molecular formula is C17H22N2O2S. The minimum atomic E-state index is -0.196. The first-order valence-corrected chi connectivity index (χ1v) is 8.41. The van der Waals surface area contributed by atoms with E-state index in [0.717, 1.165) is 36.1 Å². The van der Waals surface area contributed by atoms with Gasteiger partial charge in [-0.05, 0) is 63.2 Å². The first kappa shape index (κ1) is 16.6. The Kier molecular flexibility index (Phi) is 5.29. The fourth-order valence-corrected chi connectivity index (χ4v) is 3.41. The lowest BCUT2D eigenvalue weighted by molar-refractivity contribution is -0.123. The molecule has 0 bridgehead atoms. The Morgan fingerprint density at radius 1 is 1.14 bits per heavy atom. The number of rotatable bonds is 5. The predicted molar refractivity (Wildman–Crippen MR) is 92.9 cm³/mol. The third-order valence-corrected chi connectivity index (χ3v) is 4.54. The average Bonchev–Trinajstić information content (AvgIpc) is 2.76. The highest BCUT2D eigenvalue weighted by molar-refractivity contribution is 8.18. The van der Waals surface area contributed by atoms with E-state index in [1.54, 1.807) is 6.08 Å². The summed E-state index contributed by atoms with van der Waals surface area (Å²) in [5.41, 5.74) is 2.10. The summed E-state index contributed by atoms with van der Waals surface area (Å²) < 4.78 is 0. The van der Waals surface area contributed by atoms with Crippen molar-refractivity contribution in [2.45, 2.75) is 33.7 Å². The lowest BCUT2D eigenvalue weighted by Crippen LogP contribution is -2.34. The summed E-state index contributed by atoms with van der Waals surface area (Å²) in [5.74, 6) is -0.196. The molecule has 0 atom stereocenters. The van der Waals surface area contributed by atoms with Crippen molar-refractivity contribution in [3.8, 4) is 0 Å². The lowest BCUT2D eigenvalue weighted by atomic mass is 10.1. The molecule has 1 heterocycles. The van der Waals surface area contributed by atoms with Gasteiger partial charge < -0.3 is 4.90 Å². The third kappa shape index (κ3) is 3.35. The molecule has 0 radical (unpaired) electrons. The van der Waals surface area contributed by atoms with Gasteiger partial charge in [0.15, 0.2) is 0 Å². The molecule has 0 unspecified atom stereocenters. The summed E-state index contributed by atoms with van der Waals surface area (Å²) in [6.07, 6.45) is 1.79. The molecule has 0 N–H and O–H groups in total. The summed E-state index contributed by atoms with van der Waals surface area (Å²) in [4.78, 5) is 28.2. The molecule has 1 fully saturated rings. The Hall–Kier alpha value is -1.75. The monoisotopic (exact) mass is 318 g/mol. The normalized spacial score (nSPS) is 17.0. The van der Waals surface area contributed by atoms with Crippen LogP contribution in [0, 0.1) is 0 Å². The van der Waals surface area contributed by atoms with Crippen molar-refractivity contribution in [3.05, 3.63) is 34.7 Å². The van der Waals surface area contributed by atoms with Crippen LogP contribution < -0.4 is 4.90 Å². The molecule has 1 aliphatic rings. The zero-order valence-corrected chi connectivity index (χ0v) is 14.3. The van der Waals surface area contributed by atoms with Crippen LogP contribution in [0.3, 0.4) is 0 Å². The van der Waals surface area contributed by atoms with Gasteiger partial charge in [0.25, 0.3) is 11.1 Å². The summed E-state index contributed by atoms with van der Waals surface area (Å²) in [6, 6.07) is 7.95. The number of benzene rings is 1. The van der Waals surface area contributed by atoms with E-state index >= 15 is 0 Å². The summed E-state index contributed by atoms with van der Waals surface area (Å²) in [7, 11) is 0. The number of hydrogen-bond donors (Lipinski definition) is 0. The van der Waals surface area contributed by atoms with Gasteiger partial charge in [-0.25, -0.2) is 0 Å². The SMILES string of the molecule is CCN(CC)c1ccc(/C=C2/SC(=O)N(C(C)C)C2=O)cc1. The fraction of sp³-hybridized carbons (Fsp3) is 0.412. The van der Waals surface area contributed by atoms with Crippen LogP contribution in [0.15, 0.2) is 29.2 Å². The van der Waals surface area contributed by atoms with Crippen molar-refractivity contribution in [2.75, 3.05) is 18.0 Å². The molecule has 0 spiro atoms. The van der Waals surface area contributed by atoms with Crippen molar-refractivity contribution >= 4 is 34.7 Å². The first-order valence-electron chi connectivity index (χ1n) is 7.60. The topological polar surface area (TPSA) is 40.6 Å². The lowest BCUT2D eigenvalue weighted by Gasteiger charge is -2.20. The molecule has 2 rings (SSSR count). The van der Waals surface area contributed by atoms with Crippen LogP contribution in [-0.4, -0.2) is 35.2 Å². The van der Waals surface area contributed by atoms with E-state index in [9.17, 15) is 9.59 Å². The maximum Gasteiger partial charge on any atom is 0.293 e. The highest BCUT2D eigenvalue weighted by atomic mass is 32.2. The summed E-state index contributed by atoms with van der Waals surface area (Å²) in [5, 5.41) is -0.189. The van der Waals surface area contributed by atoms with Crippen LogP contribution in [-0.2, 0) is 4.79 Å². The van der Waals surface area contributed by atoms with E-state index in [0.29, 0.717) is 4.91 Å². The van der Waals surface area contributed by atoms with Crippen LogP contribution >= 0.6 is 11.8 Å². The van der Waals surface area contributed by atoms with E-state index in [-0.39, 0.29) is 17.2 Å². The third-order valence-electron chi connectivity index (χ3n) is 3.66. The second kappa shape index (κ2) is 7.01. The summed E-state index contributed by atoms with van der Waals surface area (Å²) in [6.45, 7) is 9.86. The van der Waals surface area contributed by atoms with Crippen molar-refractivity contribution in [1.82, 2.24) is 4.90 Å². The van der Waals surface area contributed by atoms with Crippen LogP contribution in [0.5, 0.6) is 0 Å². The minimum absolute atomic E-state index is 0.108. The average molecular weight is 318 g/mol. The fourth-order valence-electron chi connectivity index (χ4n) is 2.45. The molecule has 5 heteroatoms. The molecular weight excluding hydrogens is 296 g/mol. The molecule has 1 saturated heterocycles. The zero-order chi connectivity index (χ0) is 16.3. The molecule has 2 amide bonds. The van der Waals surface area contributed by atoms with E-state index in [2.05, 4.69) is 18.7 Å². The molecule has 22 heavy (non-hydrogen) atoms. The molecule has 1 aromatic rings. The van der Waals surface area contributed by atoms with Gasteiger partial charge in [-0.15, -0.1) is 0 Å². The van der Waals surface area contributed by atoms with Gasteiger partial charge in [-0.2, -0.15) is 0 Å². The zero-order valence-electron chi connectivity index (χ0n) is 13.5. The van der Waals surface area contributed by atoms with Crippen molar-refractivity contribution in [2.24, 2.45) is 0 Å². The highest BCUT2D eigenvalue weighted by Crippen LogP contribution is 2.33. The maximum atomic E-state index is 12.2.